The van der Waals surface area contributed by atoms with Gasteiger partial charge in [0, 0.05) is 43.9 Å². The van der Waals surface area contributed by atoms with Crippen LogP contribution in [0.3, 0.4) is 0 Å². The first kappa shape index (κ1) is 19.7. The number of likely N-dealkylation sites (tertiary alicyclic amines) is 1. The van der Waals surface area contributed by atoms with Crippen LogP contribution in [-0.4, -0.2) is 47.4 Å². The Labute approximate surface area is 165 Å². The second-order valence-electron chi connectivity index (χ2n) is 7.23. The van der Waals surface area contributed by atoms with E-state index in [-0.39, 0.29) is 11.8 Å². The molecule has 0 aliphatic carbocycles. The highest BCUT2D eigenvalue weighted by Crippen LogP contribution is 2.29. The third-order valence-corrected chi connectivity index (χ3v) is 5.10. The zero-order valence-corrected chi connectivity index (χ0v) is 16.6. The van der Waals surface area contributed by atoms with Crippen molar-refractivity contribution in [3.63, 3.8) is 0 Å². The van der Waals surface area contributed by atoms with Crippen molar-refractivity contribution in [2.24, 2.45) is 13.0 Å². The number of aromatic nitrogens is 2. The maximum atomic E-state index is 12.7. The Hall–Kier alpha value is -3.01. The summed E-state index contributed by atoms with van der Waals surface area (Å²) in [6, 6.07) is 7.23. The number of nitriles is 1. The Bertz CT molecular complexity index is 884. The molecule has 1 atom stereocenters. The molecule has 1 unspecified atom stereocenters. The molecule has 3 rings (SSSR count). The fraction of sp³-hybridized carbons (Fsp3) is 0.476. The predicted octanol–water partition coefficient (Wildman–Crippen LogP) is 2.47. The number of aryl methyl sites for hydroxylation is 2. The van der Waals surface area contributed by atoms with Crippen LogP contribution in [0.15, 0.2) is 24.4 Å². The number of carbonyl (C=O) groups excluding carboxylic acids is 1. The zero-order chi connectivity index (χ0) is 20.1. The summed E-state index contributed by atoms with van der Waals surface area (Å²) in [5.41, 5.74) is 2.41. The van der Waals surface area contributed by atoms with Crippen LogP contribution in [-0.2, 0) is 18.3 Å². The van der Waals surface area contributed by atoms with E-state index in [0.717, 1.165) is 30.6 Å². The number of methoxy groups -OCH3 is 1. The quantitative estimate of drug-likeness (QED) is 0.767. The molecule has 2 aromatic rings. The van der Waals surface area contributed by atoms with Gasteiger partial charge in [0.25, 0.3) is 0 Å². The van der Waals surface area contributed by atoms with Crippen LogP contribution in [0.2, 0.25) is 0 Å². The summed E-state index contributed by atoms with van der Waals surface area (Å²) in [6.45, 7) is 3.92. The molecule has 1 amide bonds. The van der Waals surface area contributed by atoms with Gasteiger partial charge in [0.2, 0.25) is 5.91 Å². The van der Waals surface area contributed by atoms with Crippen LogP contribution in [0, 0.1) is 24.2 Å². The van der Waals surface area contributed by atoms with Crippen LogP contribution in [0.1, 0.15) is 29.7 Å². The van der Waals surface area contributed by atoms with Crippen molar-refractivity contribution < 1.29 is 14.3 Å². The molecule has 0 N–H and O–H groups in total. The number of amides is 1. The minimum atomic E-state index is 0.136. The normalized spacial score (nSPS) is 16.5. The summed E-state index contributed by atoms with van der Waals surface area (Å²) in [6.07, 6.45) is 4.29. The molecule has 148 valence electrons. The number of ether oxygens (including phenoxy) is 2. The number of piperidine rings is 1. The average Bonchev–Trinajstić information content (AvgIpc) is 3.03. The van der Waals surface area contributed by atoms with E-state index >= 15 is 0 Å². The SMILES string of the molecule is COc1cc(C#N)ccc1OCC1CCCN(C(=O)Cc2cn(C)nc2C)C1. The van der Waals surface area contributed by atoms with Crippen LogP contribution in [0.25, 0.3) is 0 Å². The summed E-state index contributed by atoms with van der Waals surface area (Å²) in [4.78, 5) is 14.6. The molecule has 0 spiro atoms. The lowest BCUT2D eigenvalue weighted by atomic mass is 9.98. The van der Waals surface area contributed by atoms with Gasteiger partial charge in [-0.1, -0.05) is 0 Å². The maximum absolute atomic E-state index is 12.7. The molecule has 7 nitrogen and oxygen atoms in total. The van der Waals surface area contributed by atoms with E-state index in [2.05, 4.69) is 11.2 Å². The predicted molar refractivity (Wildman–Crippen MR) is 104 cm³/mol. The molecule has 0 bridgehead atoms. The van der Waals surface area contributed by atoms with Crippen molar-refractivity contribution in [3.8, 4) is 17.6 Å². The largest absolute Gasteiger partial charge is 0.493 e. The lowest BCUT2D eigenvalue weighted by Crippen LogP contribution is -2.42. The average molecular weight is 382 g/mol. The molecule has 1 aliphatic heterocycles. The van der Waals surface area contributed by atoms with Crippen molar-refractivity contribution in [1.82, 2.24) is 14.7 Å². The summed E-state index contributed by atoms with van der Waals surface area (Å²) in [5, 5.41) is 13.3. The van der Waals surface area contributed by atoms with Crippen LogP contribution < -0.4 is 9.47 Å². The van der Waals surface area contributed by atoms with Gasteiger partial charge in [-0.05, 0) is 31.9 Å². The summed E-state index contributed by atoms with van der Waals surface area (Å²) in [5.74, 6) is 1.58. The maximum Gasteiger partial charge on any atom is 0.227 e. The highest BCUT2D eigenvalue weighted by Gasteiger charge is 2.25. The first-order chi connectivity index (χ1) is 13.5. The van der Waals surface area contributed by atoms with Gasteiger partial charge < -0.3 is 14.4 Å². The van der Waals surface area contributed by atoms with Gasteiger partial charge >= 0.3 is 0 Å². The van der Waals surface area contributed by atoms with Crippen LogP contribution >= 0.6 is 0 Å². The number of hydrogen-bond acceptors (Lipinski definition) is 5. The van der Waals surface area contributed by atoms with Gasteiger partial charge in [0.1, 0.15) is 0 Å². The molecule has 1 fully saturated rings. The van der Waals surface area contributed by atoms with Crippen LogP contribution in [0.4, 0.5) is 0 Å². The lowest BCUT2D eigenvalue weighted by Gasteiger charge is -2.32. The van der Waals surface area contributed by atoms with Crippen molar-refractivity contribution in [2.75, 3.05) is 26.8 Å². The van der Waals surface area contributed by atoms with E-state index in [1.807, 2.05) is 25.1 Å². The third-order valence-electron chi connectivity index (χ3n) is 5.10. The van der Waals surface area contributed by atoms with Gasteiger partial charge in [-0.2, -0.15) is 10.4 Å². The molecular formula is C21H26N4O3. The Morgan fingerprint density at radius 3 is 2.89 bits per heavy atom. The number of nitrogens with zero attached hydrogens (tertiary/aromatic N) is 4. The van der Waals surface area contributed by atoms with Gasteiger partial charge in [-0.15, -0.1) is 0 Å². The van der Waals surface area contributed by atoms with E-state index < -0.39 is 0 Å². The Morgan fingerprint density at radius 2 is 2.21 bits per heavy atom. The fourth-order valence-corrected chi connectivity index (χ4v) is 3.59. The van der Waals surface area contributed by atoms with E-state index in [4.69, 9.17) is 14.7 Å². The van der Waals surface area contributed by atoms with Crippen molar-refractivity contribution in [2.45, 2.75) is 26.2 Å². The van der Waals surface area contributed by atoms with E-state index in [1.165, 1.54) is 0 Å². The number of carbonyl (C=O) groups is 1. The Balaban J connectivity index is 1.57. The Kier molecular flexibility index (Phi) is 6.19. The van der Waals surface area contributed by atoms with E-state index in [1.54, 1.807) is 30.0 Å². The molecule has 1 aliphatic rings. The molecule has 28 heavy (non-hydrogen) atoms. The van der Waals surface area contributed by atoms with Gasteiger partial charge in [0.15, 0.2) is 11.5 Å². The molecule has 1 aromatic carbocycles. The second kappa shape index (κ2) is 8.79. The summed E-state index contributed by atoms with van der Waals surface area (Å²) in [7, 11) is 3.43. The van der Waals surface area contributed by atoms with Gasteiger partial charge in [-0.3, -0.25) is 9.48 Å². The zero-order valence-electron chi connectivity index (χ0n) is 16.6. The number of hydrogen-bond donors (Lipinski definition) is 0. The molecule has 7 heteroatoms. The van der Waals surface area contributed by atoms with Crippen molar-refractivity contribution in [3.05, 3.63) is 41.2 Å². The van der Waals surface area contributed by atoms with Gasteiger partial charge in [-0.25, -0.2) is 0 Å². The van der Waals surface area contributed by atoms with Gasteiger partial charge in [0.05, 0.1) is 37.5 Å². The minimum Gasteiger partial charge on any atom is -0.493 e. The summed E-state index contributed by atoms with van der Waals surface area (Å²) >= 11 is 0. The smallest absolute Gasteiger partial charge is 0.227 e. The third kappa shape index (κ3) is 4.63. The molecule has 2 heterocycles. The monoisotopic (exact) mass is 382 g/mol. The molecule has 0 saturated carbocycles. The van der Waals surface area contributed by atoms with E-state index in [0.29, 0.717) is 36.6 Å². The Morgan fingerprint density at radius 1 is 1.39 bits per heavy atom. The summed E-state index contributed by atoms with van der Waals surface area (Å²) < 4.78 is 13.0. The molecular weight excluding hydrogens is 356 g/mol. The lowest BCUT2D eigenvalue weighted by molar-refractivity contribution is -0.132. The molecule has 1 saturated heterocycles. The van der Waals surface area contributed by atoms with Crippen molar-refractivity contribution in [1.29, 1.82) is 5.26 Å². The first-order valence-electron chi connectivity index (χ1n) is 9.48. The standard InChI is InChI=1S/C21H26N4O3/c1-15-18(13-24(2)23-15)10-21(26)25-8-4-5-17(12-25)14-28-19-7-6-16(11-22)9-20(19)27-3/h6-7,9,13,17H,4-5,8,10,12,14H2,1-3H3. The first-order valence-corrected chi connectivity index (χ1v) is 9.48. The van der Waals surface area contributed by atoms with Crippen LogP contribution in [0.5, 0.6) is 11.5 Å². The topological polar surface area (TPSA) is 80.4 Å². The van der Waals surface area contributed by atoms with Crippen molar-refractivity contribution >= 4 is 5.91 Å². The molecule has 0 radical (unpaired) electrons. The number of benzene rings is 1. The second-order valence-corrected chi connectivity index (χ2v) is 7.23. The molecule has 1 aromatic heterocycles. The number of rotatable bonds is 6. The van der Waals surface area contributed by atoms with E-state index in [9.17, 15) is 4.79 Å². The fourth-order valence-electron chi connectivity index (χ4n) is 3.59. The minimum absolute atomic E-state index is 0.136. The highest BCUT2D eigenvalue weighted by atomic mass is 16.5. The highest BCUT2D eigenvalue weighted by molar-refractivity contribution is 5.79.